The largest absolute Gasteiger partial charge is 0.418 e. The van der Waals surface area contributed by atoms with E-state index in [4.69, 9.17) is 4.74 Å². The summed E-state index contributed by atoms with van der Waals surface area (Å²) in [5.41, 5.74) is -1.59. The van der Waals surface area contributed by atoms with E-state index in [9.17, 15) is 22.8 Å². The highest BCUT2D eigenvalue weighted by Crippen LogP contribution is 2.45. The summed E-state index contributed by atoms with van der Waals surface area (Å²) in [7, 11) is 3.33. The molecule has 2 fully saturated rings. The van der Waals surface area contributed by atoms with E-state index < -0.39 is 29.1 Å². The van der Waals surface area contributed by atoms with Gasteiger partial charge in [0.1, 0.15) is 0 Å². The maximum absolute atomic E-state index is 13.2. The van der Waals surface area contributed by atoms with Gasteiger partial charge < -0.3 is 19.9 Å². The van der Waals surface area contributed by atoms with Crippen molar-refractivity contribution in [2.45, 2.75) is 19.0 Å². The number of para-hydroxylation sites is 1. The first kappa shape index (κ1) is 20.4. The highest BCUT2D eigenvalue weighted by molar-refractivity contribution is 5.91. The van der Waals surface area contributed by atoms with E-state index in [2.05, 4.69) is 5.32 Å². The molecule has 0 aliphatic carbocycles. The van der Waals surface area contributed by atoms with Gasteiger partial charge in [0.2, 0.25) is 5.91 Å². The van der Waals surface area contributed by atoms with Crippen LogP contribution in [0.3, 0.4) is 0 Å². The average molecular weight is 399 g/mol. The fourth-order valence-electron chi connectivity index (χ4n) is 4.09. The van der Waals surface area contributed by atoms with Crippen LogP contribution in [0, 0.1) is 11.3 Å². The Balaban J connectivity index is 1.81. The van der Waals surface area contributed by atoms with Crippen LogP contribution in [0.25, 0.3) is 0 Å². The number of likely N-dealkylation sites (tertiary alicyclic amines) is 1. The predicted octanol–water partition coefficient (Wildman–Crippen LogP) is 3.05. The van der Waals surface area contributed by atoms with Crippen molar-refractivity contribution in [2.75, 3.05) is 45.7 Å². The topological polar surface area (TPSA) is 61.9 Å². The van der Waals surface area contributed by atoms with Gasteiger partial charge in [0, 0.05) is 45.8 Å². The number of hydrogen-bond acceptors (Lipinski definition) is 3. The number of rotatable bonds is 2. The minimum atomic E-state index is -4.57. The lowest BCUT2D eigenvalue weighted by Crippen LogP contribution is -2.44. The van der Waals surface area contributed by atoms with Gasteiger partial charge in [0.05, 0.1) is 17.2 Å². The van der Waals surface area contributed by atoms with E-state index in [1.54, 1.807) is 14.1 Å². The van der Waals surface area contributed by atoms with E-state index in [1.807, 2.05) is 0 Å². The molecule has 6 nitrogen and oxygen atoms in total. The van der Waals surface area contributed by atoms with Crippen LogP contribution in [0.5, 0.6) is 0 Å². The van der Waals surface area contributed by atoms with Crippen molar-refractivity contribution in [2.24, 2.45) is 11.3 Å². The van der Waals surface area contributed by atoms with E-state index in [0.717, 1.165) is 6.07 Å². The minimum Gasteiger partial charge on any atom is -0.381 e. The van der Waals surface area contributed by atoms with Gasteiger partial charge >= 0.3 is 12.2 Å². The Morgan fingerprint density at radius 2 is 1.86 bits per heavy atom. The number of alkyl halides is 3. The van der Waals surface area contributed by atoms with E-state index in [1.165, 1.54) is 28.0 Å². The van der Waals surface area contributed by atoms with Gasteiger partial charge in [-0.3, -0.25) is 4.79 Å². The number of ether oxygens (including phenoxy) is 1. The lowest BCUT2D eigenvalue weighted by molar-refractivity contribution is -0.138. The molecule has 2 saturated heterocycles. The molecule has 3 rings (SSSR count). The molecule has 1 unspecified atom stereocenters. The molecule has 28 heavy (non-hydrogen) atoms. The first-order valence-electron chi connectivity index (χ1n) is 9.15. The number of halogens is 3. The fourth-order valence-corrected chi connectivity index (χ4v) is 4.09. The number of anilines is 1. The summed E-state index contributed by atoms with van der Waals surface area (Å²) >= 11 is 0. The van der Waals surface area contributed by atoms with Crippen molar-refractivity contribution >= 4 is 17.6 Å². The number of benzene rings is 1. The van der Waals surface area contributed by atoms with Crippen LogP contribution in [-0.2, 0) is 15.7 Å². The standard InChI is InChI=1S/C19H24F3N3O3/c1-24(2)16(26)14-11-25(12-18(14)7-9-28-10-8-18)17(27)23-15-6-4-3-5-13(15)19(20,21)22/h3-6,14H,7-12H2,1-2H3,(H,23,27). The summed E-state index contributed by atoms with van der Waals surface area (Å²) in [5.74, 6) is -0.470. The van der Waals surface area contributed by atoms with E-state index >= 15 is 0 Å². The molecule has 1 spiro atoms. The smallest absolute Gasteiger partial charge is 0.381 e. The second-order valence-electron chi connectivity index (χ2n) is 7.61. The normalized spacial score (nSPS) is 21.6. The highest BCUT2D eigenvalue weighted by Gasteiger charge is 2.52. The Morgan fingerprint density at radius 3 is 2.46 bits per heavy atom. The first-order chi connectivity index (χ1) is 13.1. The van der Waals surface area contributed by atoms with Crippen molar-refractivity contribution in [1.82, 2.24) is 9.80 Å². The summed E-state index contributed by atoms with van der Waals surface area (Å²) in [5, 5.41) is 2.38. The molecule has 1 aromatic rings. The second-order valence-corrected chi connectivity index (χ2v) is 7.61. The molecule has 0 bridgehead atoms. The van der Waals surface area contributed by atoms with Crippen LogP contribution < -0.4 is 5.32 Å². The third-order valence-electron chi connectivity index (χ3n) is 5.64. The third kappa shape index (κ3) is 3.94. The number of nitrogens with zero attached hydrogens (tertiary/aromatic N) is 2. The number of carbonyl (C=O) groups is 2. The summed E-state index contributed by atoms with van der Waals surface area (Å²) in [6, 6.07) is 4.24. The SMILES string of the molecule is CN(C)C(=O)C1CN(C(=O)Nc2ccccc2C(F)(F)F)CC12CCOCC2. The molecule has 1 N–H and O–H groups in total. The quantitative estimate of drug-likeness (QED) is 0.832. The van der Waals surface area contributed by atoms with Gasteiger partial charge in [-0.15, -0.1) is 0 Å². The van der Waals surface area contributed by atoms with Gasteiger partial charge in [-0.25, -0.2) is 4.79 Å². The van der Waals surface area contributed by atoms with Crippen molar-refractivity contribution in [3.8, 4) is 0 Å². The first-order valence-corrected chi connectivity index (χ1v) is 9.15. The van der Waals surface area contributed by atoms with Crippen LogP contribution >= 0.6 is 0 Å². The third-order valence-corrected chi connectivity index (χ3v) is 5.64. The number of amides is 3. The molecule has 9 heteroatoms. The monoisotopic (exact) mass is 399 g/mol. The van der Waals surface area contributed by atoms with E-state index in [0.29, 0.717) is 32.6 Å². The minimum absolute atomic E-state index is 0.0760. The number of urea groups is 1. The number of nitrogens with one attached hydrogen (secondary N) is 1. The van der Waals surface area contributed by atoms with E-state index in [-0.39, 0.29) is 18.1 Å². The second kappa shape index (κ2) is 7.62. The molecular formula is C19H24F3N3O3. The van der Waals surface area contributed by atoms with Crippen LogP contribution in [0.2, 0.25) is 0 Å². The molecule has 1 aromatic carbocycles. The van der Waals surface area contributed by atoms with Crippen molar-refractivity contribution in [3.63, 3.8) is 0 Å². The Kier molecular flexibility index (Phi) is 5.56. The molecule has 0 radical (unpaired) electrons. The maximum Gasteiger partial charge on any atom is 0.418 e. The van der Waals surface area contributed by atoms with Crippen LogP contribution in [0.1, 0.15) is 18.4 Å². The van der Waals surface area contributed by atoms with Gasteiger partial charge in [-0.2, -0.15) is 13.2 Å². The number of hydrogen-bond donors (Lipinski definition) is 1. The predicted molar refractivity (Wildman–Crippen MR) is 96.7 cm³/mol. The Hall–Kier alpha value is -2.29. The molecule has 154 valence electrons. The van der Waals surface area contributed by atoms with Gasteiger partial charge in [0.15, 0.2) is 0 Å². The lowest BCUT2D eigenvalue weighted by Gasteiger charge is -2.37. The van der Waals surface area contributed by atoms with Crippen LogP contribution in [0.4, 0.5) is 23.7 Å². The Labute approximate surface area is 161 Å². The van der Waals surface area contributed by atoms with Crippen molar-refractivity contribution in [3.05, 3.63) is 29.8 Å². The Bertz CT molecular complexity index is 745. The fraction of sp³-hybridized carbons (Fsp3) is 0.579. The zero-order valence-corrected chi connectivity index (χ0v) is 15.9. The van der Waals surface area contributed by atoms with Gasteiger partial charge in [-0.1, -0.05) is 12.1 Å². The van der Waals surface area contributed by atoms with Crippen LogP contribution in [-0.4, -0.2) is 62.1 Å². The lowest BCUT2D eigenvalue weighted by atomic mass is 9.71. The summed E-state index contributed by atoms with van der Waals surface area (Å²) in [6.07, 6.45) is -3.29. The Morgan fingerprint density at radius 1 is 1.21 bits per heavy atom. The maximum atomic E-state index is 13.2. The molecular weight excluding hydrogens is 375 g/mol. The molecule has 2 aliphatic rings. The van der Waals surface area contributed by atoms with Crippen LogP contribution in [0.15, 0.2) is 24.3 Å². The van der Waals surface area contributed by atoms with Gasteiger partial charge in [-0.05, 0) is 25.0 Å². The zero-order valence-electron chi connectivity index (χ0n) is 15.9. The summed E-state index contributed by atoms with van der Waals surface area (Å²) < 4.78 is 45.0. The molecule has 0 aromatic heterocycles. The molecule has 2 heterocycles. The molecule has 3 amide bonds. The van der Waals surface area contributed by atoms with Crippen molar-refractivity contribution < 1.29 is 27.5 Å². The highest BCUT2D eigenvalue weighted by atomic mass is 19.4. The summed E-state index contributed by atoms with van der Waals surface area (Å²) in [4.78, 5) is 28.4. The average Bonchev–Trinajstić information content (AvgIpc) is 3.00. The summed E-state index contributed by atoms with van der Waals surface area (Å²) in [6.45, 7) is 1.50. The zero-order chi connectivity index (χ0) is 20.5. The molecule has 1 atom stereocenters. The number of carbonyl (C=O) groups excluding carboxylic acids is 2. The molecule has 0 saturated carbocycles. The van der Waals surface area contributed by atoms with Crippen molar-refractivity contribution in [1.29, 1.82) is 0 Å². The van der Waals surface area contributed by atoms with Gasteiger partial charge in [0.25, 0.3) is 0 Å². The molecule has 2 aliphatic heterocycles.